The summed E-state index contributed by atoms with van der Waals surface area (Å²) in [6.45, 7) is 0. The molecule has 6 aromatic carbocycles. The van der Waals surface area contributed by atoms with Crippen molar-refractivity contribution in [2.24, 2.45) is 0 Å². The van der Waals surface area contributed by atoms with E-state index in [-0.39, 0.29) is 0 Å². The molecule has 3 heterocycles. The molecule has 3 nitrogen and oxygen atoms in total. The van der Waals surface area contributed by atoms with Gasteiger partial charge in [-0.1, -0.05) is 84.9 Å². The maximum Gasteiger partial charge on any atom is 0.138 e. The Morgan fingerprint density at radius 2 is 1.07 bits per heavy atom. The molecular formula is C37H23N3. The molecule has 0 bridgehead atoms. The van der Waals surface area contributed by atoms with Crippen LogP contribution in [0.3, 0.4) is 0 Å². The molecule has 0 aliphatic heterocycles. The number of aromatic nitrogens is 3. The van der Waals surface area contributed by atoms with Gasteiger partial charge in [-0.3, -0.25) is 4.57 Å². The summed E-state index contributed by atoms with van der Waals surface area (Å²) in [5, 5.41) is 8.58. The molecule has 3 aromatic heterocycles. The Balaban J connectivity index is 1.47. The Labute approximate surface area is 230 Å². The van der Waals surface area contributed by atoms with Gasteiger partial charge in [-0.05, 0) is 60.0 Å². The van der Waals surface area contributed by atoms with Crippen LogP contribution in [0.25, 0.3) is 76.8 Å². The summed E-state index contributed by atoms with van der Waals surface area (Å²) in [6.07, 6.45) is 0. The molecule has 9 aromatic rings. The highest BCUT2D eigenvalue weighted by Crippen LogP contribution is 2.40. The number of fused-ring (bicyclic) bond motifs is 9. The molecule has 0 atom stereocenters. The van der Waals surface area contributed by atoms with Gasteiger partial charge in [0.15, 0.2) is 0 Å². The van der Waals surface area contributed by atoms with E-state index in [1.54, 1.807) is 0 Å². The monoisotopic (exact) mass is 509 g/mol. The summed E-state index contributed by atoms with van der Waals surface area (Å²) in [7, 11) is 0. The van der Waals surface area contributed by atoms with E-state index in [1.807, 2.05) is 0 Å². The predicted molar refractivity (Wildman–Crippen MR) is 168 cm³/mol. The van der Waals surface area contributed by atoms with Crippen LogP contribution in [0, 0.1) is 0 Å². The van der Waals surface area contributed by atoms with Crippen molar-refractivity contribution in [3.63, 3.8) is 0 Å². The van der Waals surface area contributed by atoms with E-state index in [0.717, 1.165) is 27.9 Å². The zero-order chi connectivity index (χ0) is 26.2. The average molecular weight is 510 g/mol. The van der Waals surface area contributed by atoms with Gasteiger partial charge in [-0.15, -0.1) is 0 Å². The van der Waals surface area contributed by atoms with Crippen LogP contribution in [-0.2, 0) is 0 Å². The molecule has 0 radical (unpaired) electrons. The van der Waals surface area contributed by atoms with Crippen molar-refractivity contribution in [3.8, 4) is 11.5 Å². The summed E-state index contributed by atoms with van der Waals surface area (Å²) < 4.78 is 4.74. The molecule has 0 unspecified atom stereocenters. The van der Waals surface area contributed by atoms with Crippen LogP contribution in [0.4, 0.5) is 0 Å². The molecule has 0 aliphatic rings. The molecule has 0 aliphatic carbocycles. The minimum Gasteiger partial charge on any atom is -0.309 e. The van der Waals surface area contributed by atoms with Gasteiger partial charge >= 0.3 is 0 Å². The highest BCUT2D eigenvalue weighted by molar-refractivity contribution is 6.22. The summed E-state index contributed by atoms with van der Waals surface area (Å²) >= 11 is 0. The van der Waals surface area contributed by atoms with Crippen LogP contribution in [0.15, 0.2) is 140 Å². The van der Waals surface area contributed by atoms with Crippen LogP contribution < -0.4 is 0 Å². The second-order valence-corrected chi connectivity index (χ2v) is 10.5. The standard InChI is InChI=1S/C37H23N3/c1-2-11-26(12-3-1)39-33-16-8-6-14-28(33)31-22-25-18-20-29-27-13-5-9-17-34(27)40(37(29)30(25)23-35(31)39)36-21-19-24-10-4-7-15-32(24)38-36/h1-23H. The van der Waals surface area contributed by atoms with Crippen molar-refractivity contribution in [1.29, 1.82) is 0 Å². The lowest BCUT2D eigenvalue weighted by Gasteiger charge is -2.11. The van der Waals surface area contributed by atoms with Gasteiger partial charge < -0.3 is 4.57 Å². The lowest BCUT2D eigenvalue weighted by Crippen LogP contribution is -1.98. The first kappa shape index (κ1) is 21.5. The van der Waals surface area contributed by atoms with Gasteiger partial charge in [0.2, 0.25) is 0 Å². The van der Waals surface area contributed by atoms with Crippen molar-refractivity contribution < 1.29 is 0 Å². The van der Waals surface area contributed by atoms with E-state index in [4.69, 9.17) is 4.98 Å². The van der Waals surface area contributed by atoms with Crippen LogP contribution in [0.1, 0.15) is 0 Å². The smallest absolute Gasteiger partial charge is 0.138 e. The number of rotatable bonds is 2. The summed E-state index contributed by atoms with van der Waals surface area (Å²) in [4.78, 5) is 5.14. The van der Waals surface area contributed by atoms with Gasteiger partial charge in [0.25, 0.3) is 0 Å². The van der Waals surface area contributed by atoms with Gasteiger partial charge in [0, 0.05) is 38.0 Å². The molecule has 3 heteroatoms. The Morgan fingerprint density at radius 3 is 1.93 bits per heavy atom. The highest BCUT2D eigenvalue weighted by atomic mass is 15.1. The quantitative estimate of drug-likeness (QED) is 0.227. The third-order valence-electron chi connectivity index (χ3n) is 8.27. The zero-order valence-electron chi connectivity index (χ0n) is 21.6. The van der Waals surface area contributed by atoms with Gasteiger partial charge in [-0.25, -0.2) is 4.98 Å². The average Bonchev–Trinajstić information content (AvgIpc) is 3.53. The zero-order valence-corrected chi connectivity index (χ0v) is 21.6. The number of hydrogen-bond donors (Lipinski definition) is 0. The van der Waals surface area contributed by atoms with Crippen molar-refractivity contribution in [2.45, 2.75) is 0 Å². The molecule has 0 amide bonds. The number of pyridine rings is 1. The largest absolute Gasteiger partial charge is 0.309 e. The topological polar surface area (TPSA) is 22.8 Å². The normalized spacial score (nSPS) is 12.0. The lowest BCUT2D eigenvalue weighted by atomic mass is 10.0. The first-order valence-electron chi connectivity index (χ1n) is 13.7. The van der Waals surface area contributed by atoms with E-state index < -0.39 is 0 Å². The fourth-order valence-electron chi connectivity index (χ4n) is 6.52. The molecule has 0 spiro atoms. The van der Waals surface area contributed by atoms with E-state index in [0.29, 0.717) is 0 Å². The molecule has 186 valence electrons. The number of para-hydroxylation sites is 4. The Morgan fingerprint density at radius 1 is 0.400 bits per heavy atom. The molecule has 0 fully saturated rings. The lowest BCUT2D eigenvalue weighted by molar-refractivity contribution is 1.11. The Hall–Kier alpha value is -5.41. The summed E-state index contributed by atoms with van der Waals surface area (Å²) in [5.74, 6) is 0.932. The fourth-order valence-corrected chi connectivity index (χ4v) is 6.52. The maximum atomic E-state index is 5.14. The number of benzene rings is 6. The van der Waals surface area contributed by atoms with Crippen molar-refractivity contribution >= 4 is 65.3 Å². The number of nitrogens with zero attached hydrogens (tertiary/aromatic N) is 3. The van der Waals surface area contributed by atoms with Gasteiger partial charge in [-0.2, -0.15) is 0 Å². The Bertz CT molecular complexity index is 2430. The molecular weight excluding hydrogens is 486 g/mol. The third kappa shape index (κ3) is 2.92. The van der Waals surface area contributed by atoms with E-state index in [1.165, 1.54) is 48.9 Å². The van der Waals surface area contributed by atoms with E-state index >= 15 is 0 Å². The molecule has 0 saturated carbocycles. The van der Waals surface area contributed by atoms with Gasteiger partial charge in [0.1, 0.15) is 5.82 Å². The van der Waals surface area contributed by atoms with Gasteiger partial charge in [0.05, 0.1) is 27.6 Å². The Kier molecular flexibility index (Phi) is 4.33. The van der Waals surface area contributed by atoms with E-state index in [9.17, 15) is 0 Å². The van der Waals surface area contributed by atoms with Crippen molar-refractivity contribution in [1.82, 2.24) is 14.1 Å². The fraction of sp³-hybridized carbons (Fsp3) is 0. The molecule has 0 N–H and O–H groups in total. The predicted octanol–water partition coefficient (Wildman–Crippen LogP) is 9.58. The molecule has 0 saturated heterocycles. The second-order valence-electron chi connectivity index (χ2n) is 10.5. The molecule has 40 heavy (non-hydrogen) atoms. The van der Waals surface area contributed by atoms with Crippen molar-refractivity contribution in [2.75, 3.05) is 0 Å². The number of hydrogen-bond acceptors (Lipinski definition) is 1. The van der Waals surface area contributed by atoms with Crippen LogP contribution in [0.5, 0.6) is 0 Å². The first-order valence-corrected chi connectivity index (χ1v) is 13.7. The van der Waals surface area contributed by atoms with Crippen LogP contribution in [-0.4, -0.2) is 14.1 Å². The van der Waals surface area contributed by atoms with E-state index in [2.05, 4.69) is 149 Å². The van der Waals surface area contributed by atoms with Crippen LogP contribution in [0.2, 0.25) is 0 Å². The third-order valence-corrected chi connectivity index (χ3v) is 8.27. The minimum atomic E-state index is 0.932. The first-order chi connectivity index (χ1) is 19.8. The summed E-state index contributed by atoms with van der Waals surface area (Å²) in [5.41, 5.74) is 6.93. The highest BCUT2D eigenvalue weighted by Gasteiger charge is 2.19. The SMILES string of the molecule is c1ccc(-n2c3ccccc3c3cc4ccc5c6ccccc6n(-c6ccc7ccccc7n6)c5c4cc32)cc1. The second kappa shape index (κ2) is 8.05. The minimum absolute atomic E-state index is 0.932. The molecule has 9 rings (SSSR count). The van der Waals surface area contributed by atoms with Crippen LogP contribution >= 0.6 is 0 Å². The maximum absolute atomic E-state index is 5.14. The summed E-state index contributed by atoms with van der Waals surface area (Å²) in [6, 6.07) is 50.0. The van der Waals surface area contributed by atoms with Crippen molar-refractivity contribution in [3.05, 3.63) is 140 Å².